The molecule has 0 radical (unpaired) electrons. The summed E-state index contributed by atoms with van der Waals surface area (Å²) in [4.78, 5) is 1.37. The molecule has 2 unspecified atom stereocenters. The van der Waals surface area contributed by atoms with Crippen molar-refractivity contribution in [2.24, 2.45) is 5.73 Å². The summed E-state index contributed by atoms with van der Waals surface area (Å²) in [5.41, 5.74) is 6.04. The van der Waals surface area contributed by atoms with E-state index in [1.54, 1.807) is 11.3 Å². The topological polar surface area (TPSA) is 26.0 Å². The summed E-state index contributed by atoms with van der Waals surface area (Å²) in [5, 5.41) is 2.56. The Kier molecular flexibility index (Phi) is 4.80. The first-order valence-corrected chi connectivity index (χ1v) is 7.17. The van der Waals surface area contributed by atoms with E-state index in [1.165, 1.54) is 4.88 Å². The molecule has 4 heteroatoms. The molecular formula is C9H14BrNS2. The lowest BCUT2D eigenvalue weighted by Gasteiger charge is -2.19. The highest BCUT2D eigenvalue weighted by molar-refractivity contribution is 9.10. The zero-order valence-electron chi connectivity index (χ0n) is 7.79. The molecule has 13 heavy (non-hydrogen) atoms. The van der Waals surface area contributed by atoms with Crippen LogP contribution in [0.25, 0.3) is 0 Å². The van der Waals surface area contributed by atoms with E-state index in [0.717, 1.165) is 10.9 Å². The van der Waals surface area contributed by atoms with Gasteiger partial charge in [0.25, 0.3) is 0 Å². The molecule has 0 aromatic carbocycles. The highest BCUT2D eigenvalue weighted by Gasteiger charge is 2.18. The van der Waals surface area contributed by atoms with E-state index >= 15 is 0 Å². The Morgan fingerprint density at radius 1 is 1.69 bits per heavy atom. The molecule has 0 saturated heterocycles. The molecule has 1 aromatic rings. The monoisotopic (exact) mass is 279 g/mol. The van der Waals surface area contributed by atoms with Gasteiger partial charge in [0.05, 0.1) is 5.25 Å². The maximum Gasteiger partial charge on any atom is 0.0539 e. The molecule has 0 bridgehead atoms. The first-order valence-electron chi connectivity index (χ1n) is 4.21. The summed E-state index contributed by atoms with van der Waals surface area (Å²) in [6.45, 7) is 2.14. The summed E-state index contributed by atoms with van der Waals surface area (Å²) in [6, 6.07) is 2.43. The third kappa shape index (κ3) is 2.98. The first-order chi connectivity index (χ1) is 6.19. The Bertz CT molecular complexity index is 262. The fourth-order valence-corrected chi connectivity index (χ4v) is 3.99. The molecule has 0 aliphatic carbocycles. The van der Waals surface area contributed by atoms with Crippen LogP contribution >= 0.6 is 39.0 Å². The van der Waals surface area contributed by atoms with E-state index in [4.69, 9.17) is 5.73 Å². The van der Waals surface area contributed by atoms with Gasteiger partial charge in [0.2, 0.25) is 0 Å². The smallest absolute Gasteiger partial charge is 0.0539 e. The predicted molar refractivity (Wildman–Crippen MR) is 66.5 cm³/mol. The van der Waals surface area contributed by atoms with Crippen molar-refractivity contribution in [2.45, 2.75) is 24.6 Å². The third-order valence-corrected chi connectivity index (χ3v) is 5.02. The average molecular weight is 280 g/mol. The summed E-state index contributed by atoms with van der Waals surface area (Å²) in [5.74, 6) is 0. The Morgan fingerprint density at radius 2 is 2.38 bits per heavy atom. The van der Waals surface area contributed by atoms with Gasteiger partial charge in [-0.05, 0) is 34.7 Å². The number of hydrogen-bond acceptors (Lipinski definition) is 3. The van der Waals surface area contributed by atoms with Crippen LogP contribution in [-0.4, -0.2) is 12.3 Å². The Balaban J connectivity index is 2.77. The van der Waals surface area contributed by atoms with Crippen LogP contribution in [0.15, 0.2) is 15.9 Å². The maximum absolute atomic E-state index is 6.04. The van der Waals surface area contributed by atoms with Crippen molar-refractivity contribution in [3.8, 4) is 0 Å². The third-order valence-electron chi connectivity index (χ3n) is 1.98. The van der Waals surface area contributed by atoms with Crippen LogP contribution in [0.2, 0.25) is 0 Å². The van der Waals surface area contributed by atoms with Gasteiger partial charge in [-0.25, -0.2) is 0 Å². The standard InChI is InChI=1S/C9H14BrNS2/c1-3-7(11)9(12-2)8-4-6(10)5-13-8/h4-5,7,9H,3,11H2,1-2H3. The normalized spacial score (nSPS) is 15.7. The Hall–Kier alpha value is 0.490. The van der Waals surface area contributed by atoms with Gasteiger partial charge in [0, 0.05) is 20.8 Å². The lowest BCUT2D eigenvalue weighted by atomic mass is 10.1. The fourth-order valence-electron chi connectivity index (χ4n) is 1.19. The molecule has 1 heterocycles. The second-order valence-electron chi connectivity index (χ2n) is 2.90. The zero-order chi connectivity index (χ0) is 9.84. The van der Waals surface area contributed by atoms with Crippen LogP contribution in [0.1, 0.15) is 23.5 Å². The molecular weight excluding hydrogens is 266 g/mol. The van der Waals surface area contributed by atoms with Crippen molar-refractivity contribution in [2.75, 3.05) is 6.26 Å². The highest BCUT2D eigenvalue weighted by Crippen LogP contribution is 2.35. The number of thioether (sulfide) groups is 1. The molecule has 74 valence electrons. The minimum Gasteiger partial charge on any atom is -0.326 e. The number of nitrogens with two attached hydrogens (primary N) is 1. The Labute approximate surface area is 96.2 Å². The largest absolute Gasteiger partial charge is 0.326 e. The zero-order valence-corrected chi connectivity index (χ0v) is 11.0. The van der Waals surface area contributed by atoms with Gasteiger partial charge in [-0.3, -0.25) is 0 Å². The van der Waals surface area contributed by atoms with E-state index in [-0.39, 0.29) is 6.04 Å². The first kappa shape index (κ1) is 11.6. The summed E-state index contributed by atoms with van der Waals surface area (Å²) in [6.07, 6.45) is 3.15. The average Bonchev–Trinajstić information content (AvgIpc) is 2.53. The van der Waals surface area contributed by atoms with Gasteiger partial charge in [-0.1, -0.05) is 6.92 Å². The van der Waals surface area contributed by atoms with Crippen LogP contribution in [0.5, 0.6) is 0 Å². The predicted octanol–water partition coefficient (Wildman–Crippen LogP) is 3.65. The molecule has 0 aliphatic heterocycles. The molecule has 2 N–H and O–H groups in total. The Morgan fingerprint density at radius 3 is 2.77 bits per heavy atom. The van der Waals surface area contributed by atoms with Crippen molar-refractivity contribution in [3.63, 3.8) is 0 Å². The van der Waals surface area contributed by atoms with Crippen LogP contribution in [0, 0.1) is 0 Å². The SMILES string of the molecule is CCC(N)C(SC)c1cc(Br)cs1. The second kappa shape index (κ2) is 5.39. The maximum atomic E-state index is 6.04. The minimum atomic E-state index is 0.264. The van der Waals surface area contributed by atoms with Crippen molar-refractivity contribution in [1.82, 2.24) is 0 Å². The number of hydrogen-bond donors (Lipinski definition) is 1. The molecule has 0 amide bonds. The lowest BCUT2D eigenvalue weighted by molar-refractivity contribution is 0.641. The number of halogens is 1. The van der Waals surface area contributed by atoms with Crippen LogP contribution in [-0.2, 0) is 0 Å². The van der Waals surface area contributed by atoms with Crippen LogP contribution < -0.4 is 5.73 Å². The summed E-state index contributed by atoms with van der Waals surface area (Å²) < 4.78 is 1.16. The molecule has 0 saturated carbocycles. The quantitative estimate of drug-likeness (QED) is 0.911. The van der Waals surface area contributed by atoms with E-state index < -0.39 is 0 Å². The molecule has 0 aliphatic rings. The summed E-state index contributed by atoms with van der Waals surface area (Å²) in [7, 11) is 0. The second-order valence-corrected chi connectivity index (χ2v) is 5.73. The lowest BCUT2D eigenvalue weighted by Crippen LogP contribution is -2.24. The van der Waals surface area contributed by atoms with Gasteiger partial charge in [0.1, 0.15) is 0 Å². The highest BCUT2D eigenvalue weighted by atomic mass is 79.9. The minimum absolute atomic E-state index is 0.264. The summed E-state index contributed by atoms with van der Waals surface area (Å²) >= 11 is 7.07. The molecule has 0 fully saturated rings. The van der Waals surface area contributed by atoms with Crippen molar-refractivity contribution in [3.05, 3.63) is 20.8 Å². The van der Waals surface area contributed by atoms with E-state index in [2.05, 4.69) is 40.6 Å². The molecule has 1 aromatic heterocycles. The molecule has 2 atom stereocenters. The molecule has 1 rings (SSSR count). The van der Waals surface area contributed by atoms with Gasteiger partial charge in [-0.15, -0.1) is 11.3 Å². The van der Waals surface area contributed by atoms with Gasteiger partial charge < -0.3 is 5.73 Å². The van der Waals surface area contributed by atoms with Gasteiger partial charge in [0.15, 0.2) is 0 Å². The van der Waals surface area contributed by atoms with Gasteiger partial charge in [-0.2, -0.15) is 11.8 Å². The number of rotatable bonds is 4. The van der Waals surface area contributed by atoms with E-state index in [0.29, 0.717) is 5.25 Å². The van der Waals surface area contributed by atoms with Crippen molar-refractivity contribution < 1.29 is 0 Å². The van der Waals surface area contributed by atoms with Crippen LogP contribution in [0.4, 0.5) is 0 Å². The van der Waals surface area contributed by atoms with Gasteiger partial charge >= 0.3 is 0 Å². The van der Waals surface area contributed by atoms with Crippen molar-refractivity contribution >= 4 is 39.0 Å². The molecule has 0 spiro atoms. The molecule has 1 nitrogen and oxygen atoms in total. The van der Waals surface area contributed by atoms with Crippen LogP contribution in [0.3, 0.4) is 0 Å². The van der Waals surface area contributed by atoms with E-state index in [1.807, 2.05) is 11.8 Å². The fraction of sp³-hybridized carbons (Fsp3) is 0.556. The van der Waals surface area contributed by atoms with Crippen molar-refractivity contribution in [1.29, 1.82) is 0 Å². The number of thiophene rings is 1. The van der Waals surface area contributed by atoms with E-state index in [9.17, 15) is 0 Å².